The molecule has 0 aliphatic carbocycles. The molecule has 0 N–H and O–H groups in total. The molecule has 2 rings (SSSR count). The molecular formula is C22H30N2O. The Hall–Kier alpha value is -2.16. The highest BCUT2D eigenvalue weighted by Gasteiger charge is 2.20. The lowest BCUT2D eigenvalue weighted by molar-refractivity contribution is 0.444. The van der Waals surface area contributed by atoms with Crippen LogP contribution in [0.4, 0.5) is 0 Å². The first kappa shape index (κ1) is 19.2. The summed E-state index contributed by atoms with van der Waals surface area (Å²) >= 11 is 0. The Balaban J connectivity index is 2.02. The predicted molar refractivity (Wildman–Crippen MR) is 105 cm³/mol. The van der Waals surface area contributed by atoms with Crippen molar-refractivity contribution in [1.29, 1.82) is 0 Å². The first-order valence-corrected chi connectivity index (χ1v) is 9.24. The third-order valence-electron chi connectivity index (χ3n) is 4.76. The lowest BCUT2D eigenvalue weighted by Crippen LogP contribution is -2.16. The largest absolute Gasteiger partial charge is 0.416 e. The van der Waals surface area contributed by atoms with Crippen LogP contribution in [-0.4, -0.2) is 10.2 Å². The maximum atomic E-state index is 5.66. The molecule has 2 aromatic rings. The van der Waals surface area contributed by atoms with E-state index >= 15 is 0 Å². The summed E-state index contributed by atoms with van der Waals surface area (Å²) < 4.78 is 5.66. The average molecular weight is 338 g/mol. The third-order valence-corrected chi connectivity index (χ3v) is 4.76. The Morgan fingerprint density at radius 2 is 1.76 bits per heavy atom. The molecule has 0 aliphatic heterocycles. The van der Waals surface area contributed by atoms with E-state index in [0.29, 0.717) is 17.4 Å². The minimum Gasteiger partial charge on any atom is -0.416 e. The molecule has 0 fully saturated rings. The second kappa shape index (κ2) is 8.80. The smallest absolute Gasteiger partial charge is 0.248 e. The maximum absolute atomic E-state index is 5.66. The van der Waals surface area contributed by atoms with E-state index in [9.17, 15) is 0 Å². The van der Waals surface area contributed by atoms with E-state index < -0.39 is 0 Å². The number of benzene rings is 1. The fourth-order valence-corrected chi connectivity index (χ4v) is 2.94. The standard InChI is InChI=1S/C22H30N2O/c1-6-8-9-10-11-16-22(4,5)19-14-12-18(13-15-19)21-24-23-20(25-21)17(3)7-2/h7,12-15H,2-3,6,8-11,16H2,1,4-5H3. The molecule has 0 bridgehead atoms. The van der Waals surface area contributed by atoms with Crippen LogP contribution in [0.5, 0.6) is 0 Å². The van der Waals surface area contributed by atoms with Gasteiger partial charge in [0.15, 0.2) is 0 Å². The molecule has 0 unspecified atom stereocenters. The molecule has 0 aliphatic rings. The molecule has 0 saturated carbocycles. The van der Waals surface area contributed by atoms with E-state index in [0.717, 1.165) is 5.56 Å². The summed E-state index contributed by atoms with van der Waals surface area (Å²) in [5, 5.41) is 8.11. The van der Waals surface area contributed by atoms with Gasteiger partial charge in [-0.25, -0.2) is 0 Å². The zero-order chi connectivity index (χ0) is 18.3. The van der Waals surface area contributed by atoms with Crippen LogP contribution in [0.2, 0.25) is 0 Å². The van der Waals surface area contributed by atoms with Gasteiger partial charge in [0.25, 0.3) is 0 Å². The molecule has 0 spiro atoms. The summed E-state index contributed by atoms with van der Waals surface area (Å²) in [6.07, 6.45) is 9.42. The zero-order valence-electron chi connectivity index (χ0n) is 15.8. The van der Waals surface area contributed by atoms with E-state index in [1.807, 2.05) is 0 Å². The number of unbranched alkanes of at least 4 members (excludes halogenated alkanes) is 4. The lowest BCUT2D eigenvalue weighted by Gasteiger charge is -2.25. The predicted octanol–water partition coefficient (Wildman–Crippen LogP) is 6.57. The second-order valence-electron chi connectivity index (χ2n) is 7.27. The van der Waals surface area contributed by atoms with Crippen LogP contribution in [0.1, 0.15) is 70.8 Å². The van der Waals surface area contributed by atoms with Crippen molar-refractivity contribution in [2.24, 2.45) is 0 Å². The fraction of sp³-hybridized carbons (Fsp3) is 0.455. The van der Waals surface area contributed by atoms with Crippen LogP contribution in [-0.2, 0) is 5.41 Å². The molecule has 0 saturated heterocycles. The number of allylic oxidation sites excluding steroid dienone is 2. The topological polar surface area (TPSA) is 38.9 Å². The third kappa shape index (κ3) is 5.15. The number of aromatic nitrogens is 2. The van der Waals surface area contributed by atoms with E-state index in [-0.39, 0.29) is 5.41 Å². The van der Waals surface area contributed by atoms with Crippen LogP contribution in [0.15, 0.2) is 47.9 Å². The second-order valence-corrected chi connectivity index (χ2v) is 7.27. The van der Waals surface area contributed by atoms with Crippen LogP contribution in [0.3, 0.4) is 0 Å². The Labute approximate surface area is 151 Å². The van der Waals surface area contributed by atoms with Gasteiger partial charge in [-0.3, -0.25) is 0 Å². The SMILES string of the molecule is C=CC(=C)c1nnc(-c2ccc(C(C)(C)CCCCCCC)cc2)o1. The van der Waals surface area contributed by atoms with Crippen molar-refractivity contribution in [3.63, 3.8) is 0 Å². The molecule has 1 aromatic heterocycles. The van der Waals surface area contributed by atoms with Crippen molar-refractivity contribution in [2.75, 3.05) is 0 Å². The zero-order valence-corrected chi connectivity index (χ0v) is 15.8. The first-order valence-electron chi connectivity index (χ1n) is 9.24. The highest BCUT2D eigenvalue weighted by Crippen LogP contribution is 2.31. The quantitative estimate of drug-likeness (QED) is 0.363. The van der Waals surface area contributed by atoms with Crippen LogP contribution >= 0.6 is 0 Å². The van der Waals surface area contributed by atoms with Crippen molar-refractivity contribution >= 4 is 5.57 Å². The van der Waals surface area contributed by atoms with E-state index in [4.69, 9.17) is 4.42 Å². The first-order chi connectivity index (χ1) is 12.0. The van der Waals surface area contributed by atoms with Gasteiger partial charge in [0.2, 0.25) is 11.8 Å². The Kier molecular flexibility index (Phi) is 6.74. The molecule has 134 valence electrons. The molecular weight excluding hydrogens is 308 g/mol. The highest BCUT2D eigenvalue weighted by molar-refractivity contribution is 5.66. The molecule has 1 aromatic carbocycles. The van der Waals surface area contributed by atoms with E-state index in [1.165, 1.54) is 44.1 Å². The number of hydrogen-bond acceptors (Lipinski definition) is 3. The average Bonchev–Trinajstić information content (AvgIpc) is 3.11. The fourth-order valence-electron chi connectivity index (χ4n) is 2.94. The van der Waals surface area contributed by atoms with Crippen LogP contribution in [0, 0.1) is 0 Å². The van der Waals surface area contributed by atoms with Crippen molar-refractivity contribution in [2.45, 2.75) is 64.7 Å². The molecule has 0 atom stereocenters. The summed E-state index contributed by atoms with van der Waals surface area (Å²) in [4.78, 5) is 0. The van der Waals surface area contributed by atoms with Crippen molar-refractivity contribution in [3.05, 3.63) is 55.0 Å². The maximum Gasteiger partial charge on any atom is 0.248 e. The summed E-state index contributed by atoms with van der Waals surface area (Å²) in [7, 11) is 0. The van der Waals surface area contributed by atoms with Gasteiger partial charge in [-0.2, -0.15) is 0 Å². The summed E-state index contributed by atoms with van der Waals surface area (Å²) in [6.45, 7) is 14.4. The van der Waals surface area contributed by atoms with Gasteiger partial charge < -0.3 is 4.42 Å². The molecule has 1 heterocycles. The van der Waals surface area contributed by atoms with Crippen molar-refractivity contribution in [1.82, 2.24) is 10.2 Å². The van der Waals surface area contributed by atoms with Gasteiger partial charge in [-0.15, -0.1) is 10.2 Å². The summed E-state index contributed by atoms with van der Waals surface area (Å²) in [5.41, 5.74) is 3.10. The van der Waals surface area contributed by atoms with Crippen LogP contribution < -0.4 is 0 Å². The molecule has 0 amide bonds. The molecule has 3 nitrogen and oxygen atoms in total. The van der Waals surface area contributed by atoms with Gasteiger partial charge >= 0.3 is 0 Å². The Morgan fingerprint density at radius 3 is 2.40 bits per heavy atom. The molecule has 0 radical (unpaired) electrons. The minimum atomic E-state index is 0.182. The van der Waals surface area contributed by atoms with E-state index in [1.54, 1.807) is 6.08 Å². The monoisotopic (exact) mass is 338 g/mol. The normalized spacial score (nSPS) is 11.5. The number of nitrogens with zero attached hydrogens (tertiary/aromatic N) is 2. The van der Waals surface area contributed by atoms with Gasteiger partial charge in [-0.1, -0.05) is 84.2 Å². The number of hydrogen-bond donors (Lipinski definition) is 0. The van der Waals surface area contributed by atoms with Crippen molar-refractivity contribution in [3.8, 4) is 11.5 Å². The van der Waals surface area contributed by atoms with Gasteiger partial charge in [0.1, 0.15) is 0 Å². The minimum absolute atomic E-state index is 0.182. The van der Waals surface area contributed by atoms with E-state index in [2.05, 4.69) is 68.4 Å². The van der Waals surface area contributed by atoms with Crippen LogP contribution in [0.25, 0.3) is 17.0 Å². The Morgan fingerprint density at radius 1 is 1.08 bits per heavy atom. The lowest BCUT2D eigenvalue weighted by atomic mass is 9.79. The highest BCUT2D eigenvalue weighted by atomic mass is 16.4. The summed E-state index contributed by atoms with van der Waals surface area (Å²) in [6, 6.07) is 8.46. The molecule has 25 heavy (non-hydrogen) atoms. The van der Waals surface area contributed by atoms with Gasteiger partial charge in [0, 0.05) is 11.1 Å². The Bertz CT molecular complexity index is 695. The number of rotatable bonds is 10. The van der Waals surface area contributed by atoms with Gasteiger partial charge in [0.05, 0.1) is 0 Å². The van der Waals surface area contributed by atoms with Crippen molar-refractivity contribution < 1.29 is 4.42 Å². The molecule has 3 heteroatoms. The van der Waals surface area contributed by atoms with Gasteiger partial charge in [-0.05, 0) is 29.5 Å². The summed E-state index contributed by atoms with van der Waals surface area (Å²) in [5.74, 6) is 0.934.